The number of nitrogens with zero attached hydrogens (tertiary/aromatic N) is 4. The molecule has 1 aliphatic heterocycles. The molecular formula is C24H30N6O. The van der Waals surface area contributed by atoms with Gasteiger partial charge in [-0.05, 0) is 76.2 Å². The Morgan fingerprint density at radius 2 is 1.90 bits per heavy atom. The zero-order valence-corrected chi connectivity index (χ0v) is 18.4. The molecule has 4 rings (SSSR count). The molecule has 0 bridgehead atoms. The van der Waals surface area contributed by atoms with Crippen LogP contribution >= 0.6 is 0 Å². The molecule has 1 fully saturated rings. The topological polar surface area (TPSA) is 77.2 Å². The van der Waals surface area contributed by atoms with Gasteiger partial charge in [0.1, 0.15) is 5.82 Å². The molecule has 1 amide bonds. The predicted octanol–water partition coefficient (Wildman–Crippen LogP) is 3.81. The fourth-order valence-electron chi connectivity index (χ4n) is 4.12. The van der Waals surface area contributed by atoms with Crippen LogP contribution < -0.4 is 10.2 Å². The van der Waals surface area contributed by atoms with Gasteiger partial charge in [-0.25, -0.2) is 4.98 Å². The largest absolute Gasteiger partial charge is 0.372 e. The van der Waals surface area contributed by atoms with Crippen LogP contribution in [-0.2, 0) is 0 Å². The summed E-state index contributed by atoms with van der Waals surface area (Å²) in [4.78, 5) is 21.8. The minimum Gasteiger partial charge on any atom is -0.372 e. The fourth-order valence-corrected chi connectivity index (χ4v) is 4.12. The van der Waals surface area contributed by atoms with Gasteiger partial charge in [0, 0.05) is 42.1 Å². The second-order valence-electron chi connectivity index (χ2n) is 8.52. The molecule has 7 heteroatoms. The van der Waals surface area contributed by atoms with E-state index in [2.05, 4.69) is 56.5 Å². The molecule has 1 aromatic heterocycles. The first-order valence-electron chi connectivity index (χ1n) is 10.8. The highest BCUT2D eigenvalue weighted by Gasteiger charge is 2.20. The first-order chi connectivity index (χ1) is 15.0. The lowest BCUT2D eigenvalue weighted by Crippen LogP contribution is -2.37. The summed E-state index contributed by atoms with van der Waals surface area (Å²) in [7, 11) is 4.29. The smallest absolute Gasteiger partial charge is 0.255 e. The third-order valence-electron chi connectivity index (χ3n) is 5.71. The van der Waals surface area contributed by atoms with Gasteiger partial charge in [0.2, 0.25) is 0 Å². The van der Waals surface area contributed by atoms with E-state index in [1.165, 1.54) is 18.5 Å². The summed E-state index contributed by atoms with van der Waals surface area (Å²) >= 11 is 0. The van der Waals surface area contributed by atoms with Gasteiger partial charge in [-0.15, -0.1) is 0 Å². The lowest BCUT2D eigenvalue weighted by molar-refractivity contribution is 0.102. The van der Waals surface area contributed by atoms with Gasteiger partial charge < -0.3 is 15.1 Å². The van der Waals surface area contributed by atoms with Gasteiger partial charge in [0.05, 0.1) is 0 Å². The molecule has 2 N–H and O–H groups in total. The summed E-state index contributed by atoms with van der Waals surface area (Å²) in [6.07, 6.45) is 2.44. The number of aryl methyl sites for hydroxylation is 1. The summed E-state index contributed by atoms with van der Waals surface area (Å²) in [5.41, 5.74) is 3.38. The maximum absolute atomic E-state index is 12.7. The Hall–Kier alpha value is -3.19. The van der Waals surface area contributed by atoms with E-state index in [1.807, 2.05) is 37.3 Å². The molecule has 0 unspecified atom stereocenters. The van der Waals surface area contributed by atoms with Crippen LogP contribution in [0.3, 0.4) is 0 Å². The Morgan fingerprint density at radius 3 is 2.55 bits per heavy atom. The van der Waals surface area contributed by atoms with Crippen molar-refractivity contribution in [1.82, 2.24) is 20.1 Å². The molecule has 0 radical (unpaired) electrons. The lowest BCUT2D eigenvalue weighted by Gasteiger charge is -2.34. The maximum atomic E-state index is 12.7. The zero-order valence-electron chi connectivity index (χ0n) is 18.4. The second kappa shape index (κ2) is 9.31. The van der Waals surface area contributed by atoms with Gasteiger partial charge in [-0.1, -0.05) is 12.1 Å². The molecule has 3 aromatic rings. The normalized spacial score (nSPS) is 14.8. The van der Waals surface area contributed by atoms with Crippen LogP contribution in [0.25, 0.3) is 11.4 Å². The van der Waals surface area contributed by atoms with E-state index in [0.29, 0.717) is 11.4 Å². The minimum absolute atomic E-state index is 0.147. The minimum atomic E-state index is -0.147. The number of piperidine rings is 1. The molecule has 0 atom stereocenters. The highest BCUT2D eigenvalue weighted by molar-refractivity contribution is 6.04. The van der Waals surface area contributed by atoms with Crippen molar-refractivity contribution in [2.24, 2.45) is 5.92 Å². The Kier molecular flexibility index (Phi) is 6.32. The molecule has 7 nitrogen and oxygen atoms in total. The Morgan fingerprint density at radius 1 is 1.16 bits per heavy atom. The van der Waals surface area contributed by atoms with E-state index in [-0.39, 0.29) is 5.91 Å². The van der Waals surface area contributed by atoms with Crippen LogP contribution in [0.5, 0.6) is 0 Å². The molecule has 162 valence electrons. The third-order valence-corrected chi connectivity index (χ3v) is 5.71. The van der Waals surface area contributed by atoms with E-state index in [9.17, 15) is 4.79 Å². The fraction of sp³-hybridized carbons (Fsp3) is 0.375. The number of rotatable bonds is 6. The number of nitrogens with one attached hydrogen (secondary N) is 2. The molecule has 1 saturated heterocycles. The molecule has 31 heavy (non-hydrogen) atoms. The number of hydrogen-bond donors (Lipinski definition) is 2. The maximum Gasteiger partial charge on any atom is 0.255 e. The van der Waals surface area contributed by atoms with E-state index in [0.717, 1.165) is 42.6 Å². The molecular weight excluding hydrogens is 388 g/mol. The molecule has 1 aliphatic rings. The van der Waals surface area contributed by atoms with Crippen LogP contribution in [-0.4, -0.2) is 59.7 Å². The van der Waals surface area contributed by atoms with Crippen molar-refractivity contribution in [1.29, 1.82) is 0 Å². The number of H-pyrrole nitrogens is 1. The number of amides is 1. The van der Waals surface area contributed by atoms with E-state index in [1.54, 1.807) is 6.07 Å². The summed E-state index contributed by atoms with van der Waals surface area (Å²) in [6.45, 7) is 5.17. The van der Waals surface area contributed by atoms with Crippen molar-refractivity contribution in [2.45, 2.75) is 19.8 Å². The number of anilines is 2. The van der Waals surface area contributed by atoms with E-state index < -0.39 is 0 Å². The number of aromatic amines is 1. The van der Waals surface area contributed by atoms with Crippen molar-refractivity contribution in [2.75, 3.05) is 43.9 Å². The summed E-state index contributed by atoms with van der Waals surface area (Å²) < 4.78 is 0. The number of hydrogen-bond acceptors (Lipinski definition) is 5. The summed E-state index contributed by atoms with van der Waals surface area (Å²) in [5, 5.41) is 9.99. The standard InChI is InChI=1S/C24H30N6O/c1-17-25-23(28-27-17)19-5-4-6-20(15-19)24(31)26-21-7-9-22(10-8-21)30-13-11-18(12-14-30)16-29(2)3/h4-10,15,18H,11-14,16H2,1-3H3,(H,26,31)(H,25,27,28). The lowest BCUT2D eigenvalue weighted by atomic mass is 9.96. The van der Waals surface area contributed by atoms with Crippen LogP contribution in [0.15, 0.2) is 48.5 Å². The highest BCUT2D eigenvalue weighted by Crippen LogP contribution is 2.25. The number of carbonyl (C=O) groups is 1. The molecule has 2 aromatic carbocycles. The monoisotopic (exact) mass is 418 g/mol. The number of aromatic nitrogens is 3. The second-order valence-corrected chi connectivity index (χ2v) is 8.52. The Balaban J connectivity index is 1.37. The Bertz CT molecular complexity index is 1020. The van der Waals surface area contributed by atoms with Crippen LogP contribution in [0.2, 0.25) is 0 Å². The zero-order chi connectivity index (χ0) is 21.8. The van der Waals surface area contributed by atoms with E-state index in [4.69, 9.17) is 0 Å². The van der Waals surface area contributed by atoms with Crippen molar-refractivity contribution < 1.29 is 4.79 Å². The van der Waals surface area contributed by atoms with Gasteiger partial charge in [0.15, 0.2) is 5.82 Å². The van der Waals surface area contributed by atoms with Crippen LogP contribution in [0, 0.1) is 12.8 Å². The van der Waals surface area contributed by atoms with Crippen molar-refractivity contribution in [3.05, 3.63) is 59.9 Å². The van der Waals surface area contributed by atoms with Gasteiger partial charge >= 0.3 is 0 Å². The molecule has 0 aliphatic carbocycles. The highest BCUT2D eigenvalue weighted by atomic mass is 16.1. The molecule has 2 heterocycles. The number of benzene rings is 2. The number of carbonyl (C=O) groups excluding carboxylic acids is 1. The van der Waals surface area contributed by atoms with E-state index >= 15 is 0 Å². The Labute approximate surface area is 183 Å². The molecule has 0 saturated carbocycles. The quantitative estimate of drug-likeness (QED) is 0.637. The average Bonchev–Trinajstić information content (AvgIpc) is 3.21. The SMILES string of the molecule is Cc1nc(-c2cccc(C(=O)Nc3ccc(N4CCC(CN(C)C)CC4)cc3)c2)n[nH]1. The molecule has 0 spiro atoms. The van der Waals surface area contributed by atoms with Crippen LogP contribution in [0.4, 0.5) is 11.4 Å². The summed E-state index contributed by atoms with van der Waals surface area (Å²) in [5.74, 6) is 1.96. The third kappa shape index (κ3) is 5.30. The van der Waals surface area contributed by atoms with Crippen molar-refractivity contribution in [3.63, 3.8) is 0 Å². The van der Waals surface area contributed by atoms with Gasteiger partial charge in [0.25, 0.3) is 5.91 Å². The summed E-state index contributed by atoms with van der Waals surface area (Å²) in [6, 6.07) is 15.5. The average molecular weight is 419 g/mol. The van der Waals surface area contributed by atoms with Gasteiger partial charge in [-0.3, -0.25) is 9.89 Å². The van der Waals surface area contributed by atoms with Crippen molar-refractivity contribution >= 4 is 17.3 Å². The van der Waals surface area contributed by atoms with Crippen LogP contribution in [0.1, 0.15) is 29.0 Å². The predicted molar refractivity (Wildman–Crippen MR) is 124 cm³/mol. The first kappa shape index (κ1) is 21.1. The van der Waals surface area contributed by atoms with Crippen molar-refractivity contribution in [3.8, 4) is 11.4 Å². The first-order valence-corrected chi connectivity index (χ1v) is 10.8. The van der Waals surface area contributed by atoms with Gasteiger partial charge in [-0.2, -0.15) is 5.10 Å².